The monoisotopic (exact) mass is 415 g/mol. The standard InChI is InChI=1S/C22H29N3O3S/c1-16-8-7-9-20(18(16)3)23-15-22(26)24-19-11-10-17(2)21(14-19)29(27,28)25-12-5-4-6-13-25/h7-11,14,23H,4-6,12-13,15H2,1-3H3,(H,24,26). The molecule has 7 heteroatoms. The summed E-state index contributed by atoms with van der Waals surface area (Å²) in [4.78, 5) is 12.7. The van der Waals surface area contributed by atoms with Crippen LogP contribution in [0.1, 0.15) is 36.0 Å². The number of amides is 1. The minimum Gasteiger partial charge on any atom is -0.376 e. The third-order valence-electron chi connectivity index (χ3n) is 5.45. The summed E-state index contributed by atoms with van der Waals surface area (Å²) in [5.74, 6) is -0.226. The van der Waals surface area contributed by atoms with Crippen LogP contribution >= 0.6 is 0 Å². The maximum Gasteiger partial charge on any atom is 0.243 e. The third kappa shape index (κ3) is 4.97. The lowest BCUT2D eigenvalue weighted by Gasteiger charge is -2.26. The van der Waals surface area contributed by atoms with Gasteiger partial charge in [0, 0.05) is 24.5 Å². The number of carbonyl (C=O) groups is 1. The van der Waals surface area contributed by atoms with Crippen LogP contribution in [0.3, 0.4) is 0 Å². The van der Waals surface area contributed by atoms with E-state index in [-0.39, 0.29) is 17.3 Å². The van der Waals surface area contributed by atoms with E-state index in [2.05, 4.69) is 10.6 Å². The van der Waals surface area contributed by atoms with E-state index in [0.717, 1.165) is 36.1 Å². The fourth-order valence-electron chi connectivity index (χ4n) is 3.52. The number of anilines is 2. The van der Waals surface area contributed by atoms with Gasteiger partial charge in [0.05, 0.1) is 11.4 Å². The first-order valence-corrected chi connectivity index (χ1v) is 11.4. The highest BCUT2D eigenvalue weighted by Crippen LogP contribution is 2.26. The van der Waals surface area contributed by atoms with E-state index in [0.29, 0.717) is 24.3 Å². The van der Waals surface area contributed by atoms with Crippen molar-refractivity contribution in [2.45, 2.75) is 44.9 Å². The molecule has 1 aliphatic heterocycles. The van der Waals surface area contributed by atoms with Crippen LogP contribution in [0.2, 0.25) is 0 Å². The lowest BCUT2D eigenvalue weighted by Crippen LogP contribution is -2.36. The zero-order valence-corrected chi connectivity index (χ0v) is 18.1. The van der Waals surface area contributed by atoms with Crippen molar-refractivity contribution in [2.75, 3.05) is 30.3 Å². The SMILES string of the molecule is Cc1ccc(NC(=O)CNc2cccc(C)c2C)cc1S(=O)(=O)N1CCCCC1. The molecule has 0 atom stereocenters. The van der Waals surface area contributed by atoms with Crippen molar-refractivity contribution in [3.8, 4) is 0 Å². The van der Waals surface area contributed by atoms with Crippen LogP contribution in [0.15, 0.2) is 41.3 Å². The minimum absolute atomic E-state index is 0.104. The number of nitrogens with zero attached hydrogens (tertiary/aromatic N) is 1. The maximum atomic E-state index is 13.0. The molecule has 156 valence electrons. The molecule has 0 radical (unpaired) electrons. The molecule has 0 aromatic heterocycles. The molecule has 2 aromatic carbocycles. The summed E-state index contributed by atoms with van der Waals surface area (Å²) in [5, 5.41) is 5.95. The molecule has 0 bridgehead atoms. The second-order valence-electron chi connectivity index (χ2n) is 7.59. The molecule has 0 unspecified atom stereocenters. The largest absolute Gasteiger partial charge is 0.376 e. The fraction of sp³-hybridized carbons (Fsp3) is 0.409. The Labute approximate surface area is 173 Å². The number of carbonyl (C=O) groups excluding carboxylic acids is 1. The Morgan fingerprint density at radius 1 is 1.00 bits per heavy atom. The Bertz CT molecular complexity index is 996. The van der Waals surface area contributed by atoms with Gasteiger partial charge in [-0.2, -0.15) is 4.31 Å². The van der Waals surface area contributed by atoms with Crippen molar-refractivity contribution in [3.63, 3.8) is 0 Å². The quantitative estimate of drug-likeness (QED) is 0.751. The highest BCUT2D eigenvalue weighted by atomic mass is 32.2. The minimum atomic E-state index is -3.55. The van der Waals surface area contributed by atoms with Crippen molar-refractivity contribution in [1.29, 1.82) is 0 Å². The van der Waals surface area contributed by atoms with Gasteiger partial charge < -0.3 is 10.6 Å². The number of hydrogen-bond acceptors (Lipinski definition) is 4. The van der Waals surface area contributed by atoms with Gasteiger partial charge in [-0.15, -0.1) is 0 Å². The van der Waals surface area contributed by atoms with E-state index in [1.54, 1.807) is 29.4 Å². The molecule has 2 N–H and O–H groups in total. The van der Waals surface area contributed by atoms with Gasteiger partial charge in [-0.25, -0.2) is 8.42 Å². The van der Waals surface area contributed by atoms with Crippen molar-refractivity contribution in [2.24, 2.45) is 0 Å². The number of rotatable bonds is 6. The summed E-state index contributed by atoms with van der Waals surface area (Å²) in [7, 11) is -3.55. The Hall–Kier alpha value is -2.38. The average molecular weight is 416 g/mol. The van der Waals surface area contributed by atoms with Gasteiger partial charge in [0.1, 0.15) is 0 Å². The van der Waals surface area contributed by atoms with Gasteiger partial charge in [0.25, 0.3) is 0 Å². The first-order chi connectivity index (χ1) is 13.8. The molecule has 6 nitrogen and oxygen atoms in total. The fourth-order valence-corrected chi connectivity index (χ4v) is 5.29. The molecule has 1 heterocycles. The van der Waals surface area contributed by atoms with Crippen LogP contribution in [0.25, 0.3) is 0 Å². The van der Waals surface area contributed by atoms with Gasteiger partial charge >= 0.3 is 0 Å². The summed E-state index contributed by atoms with van der Waals surface area (Å²) in [6.45, 7) is 7.03. The molecule has 0 saturated carbocycles. The highest BCUT2D eigenvalue weighted by Gasteiger charge is 2.27. The second kappa shape index (κ2) is 8.97. The van der Waals surface area contributed by atoms with Gasteiger partial charge in [-0.3, -0.25) is 4.79 Å². The number of benzene rings is 2. The van der Waals surface area contributed by atoms with Crippen molar-refractivity contribution >= 4 is 27.3 Å². The molecule has 3 rings (SSSR count). The maximum absolute atomic E-state index is 13.0. The van der Waals surface area contributed by atoms with Crippen LogP contribution < -0.4 is 10.6 Å². The highest BCUT2D eigenvalue weighted by molar-refractivity contribution is 7.89. The zero-order chi connectivity index (χ0) is 21.0. The molecule has 1 saturated heterocycles. The van der Waals surface area contributed by atoms with Crippen molar-refractivity contribution < 1.29 is 13.2 Å². The number of nitrogens with one attached hydrogen (secondary N) is 2. The number of hydrogen-bond donors (Lipinski definition) is 2. The molecule has 1 fully saturated rings. The molecule has 0 spiro atoms. The smallest absolute Gasteiger partial charge is 0.243 e. The average Bonchev–Trinajstić information content (AvgIpc) is 2.71. The summed E-state index contributed by atoms with van der Waals surface area (Å²) in [5.41, 5.74) is 4.34. The van der Waals surface area contributed by atoms with E-state index in [1.807, 2.05) is 32.0 Å². The molecule has 1 amide bonds. The van der Waals surface area contributed by atoms with Gasteiger partial charge in [0.2, 0.25) is 15.9 Å². The molecular formula is C22H29N3O3S. The van der Waals surface area contributed by atoms with E-state index < -0.39 is 10.0 Å². The number of sulfonamides is 1. The Kier molecular flexibility index (Phi) is 6.59. The first-order valence-electron chi connectivity index (χ1n) is 10.00. The number of piperidine rings is 1. The molecular weight excluding hydrogens is 386 g/mol. The predicted molar refractivity (Wildman–Crippen MR) is 117 cm³/mol. The van der Waals surface area contributed by atoms with Crippen LogP contribution in [-0.2, 0) is 14.8 Å². The second-order valence-corrected chi connectivity index (χ2v) is 9.50. The zero-order valence-electron chi connectivity index (χ0n) is 17.3. The van der Waals surface area contributed by atoms with E-state index in [4.69, 9.17) is 0 Å². The van der Waals surface area contributed by atoms with Gasteiger partial charge in [-0.1, -0.05) is 24.6 Å². The summed E-state index contributed by atoms with van der Waals surface area (Å²) in [6.07, 6.45) is 2.84. The normalized spacial score (nSPS) is 15.1. The molecule has 1 aliphatic rings. The van der Waals surface area contributed by atoms with Crippen LogP contribution in [0.4, 0.5) is 11.4 Å². The molecule has 2 aromatic rings. The Balaban J connectivity index is 1.70. The first kappa shape index (κ1) is 21.3. The predicted octanol–water partition coefficient (Wildman–Crippen LogP) is 3.84. The van der Waals surface area contributed by atoms with Crippen LogP contribution in [0, 0.1) is 20.8 Å². The topological polar surface area (TPSA) is 78.5 Å². The van der Waals surface area contributed by atoms with Gasteiger partial charge in [0.15, 0.2) is 0 Å². The van der Waals surface area contributed by atoms with Crippen molar-refractivity contribution in [1.82, 2.24) is 4.31 Å². The molecule has 0 aliphatic carbocycles. The lowest BCUT2D eigenvalue weighted by atomic mass is 10.1. The van der Waals surface area contributed by atoms with Crippen molar-refractivity contribution in [3.05, 3.63) is 53.1 Å². The summed E-state index contributed by atoms with van der Waals surface area (Å²) in [6, 6.07) is 10.9. The van der Waals surface area contributed by atoms with Crippen LogP contribution in [0.5, 0.6) is 0 Å². The molecule has 29 heavy (non-hydrogen) atoms. The number of aryl methyl sites for hydroxylation is 2. The Morgan fingerprint density at radius 2 is 1.72 bits per heavy atom. The van der Waals surface area contributed by atoms with E-state index in [1.165, 1.54) is 0 Å². The third-order valence-corrected chi connectivity index (χ3v) is 7.49. The van der Waals surface area contributed by atoms with E-state index in [9.17, 15) is 13.2 Å². The van der Waals surface area contributed by atoms with Gasteiger partial charge in [-0.05, 0) is 68.5 Å². The summed E-state index contributed by atoms with van der Waals surface area (Å²) < 4.78 is 27.6. The summed E-state index contributed by atoms with van der Waals surface area (Å²) >= 11 is 0. The van der Waals surface area contributed by atoms with Crippen LogP contribution in [-0.4, -0.2) is 38.3 Å². The Morgan fingerprint density at radius 3 is 2.45 bits per heavy atom. The van der Waals surface area contributed by atoms with E-state index >= 15 is 0 Å². The lowest BCUT2D eigenvalue weighted by molar-refractivity contribution is -0.114.